The van der Waals surface area contributed by atoms with E-state index in [4.69, 9.17) is 21.1 Å². The Kier molecular flexibility index (Phi) is 3.74. The summed E-state index contributed by atoms with van der Waals surface area (Å²) in [5.41, 5.74) is 1.32. The van der Waals surface area contributed by atoms with Crippen LogP contribution in [0.3, 0.4) is 0 Å². The number of benzene rings is 2. The van der Waals surface area contributed by atoms with Gasteiger partial charge in [0.05, 0.1) is 13.2 Å². The second-order valence-corrected chi connectivity index (χ2v) is 5.37. The molecule has 2 aromatic rings. The number of ether oxygens (including phenoxy) is 2. The Balaban J connectivity index is 1.92. The minimum Gasteiger partial charge on any atom is -0.494 e. The van der Waals surface area contributed by atoms with Crippen LogP contribution in [0.2, 0.25) is 5.02 Å². The predicted octanol–water partition coefficient (Wildman–Crippen LogP) is 4.04. The zero-order chi connectivity index (χ0) is 15.0. The lowest BCUT2D eigenvalue weighted by atomic mass is 9.95. The zero-order valence-corrected chi connectivity index (χ0v) is 12.1. The van der Waals surface area contributed by atoms with Crippen LogP contribution in [0.5, 0.6) is 11.5 Å². The Morgan fingerprint density at radius 1 is 1.29 bits per heavy atom. The van der Waals surface area contributed by atoms with Gasteiger partial charge in [0, 0.05) is 17.0 Å². The lowest BCUT2D eigenvalue weighted by molar-refractivity contribution is 0.0656. The Morgan fingerprint density at radius 2 is 2.10 bits per heavy atom. The third-order valence-corrected chi connectivity index (χ3v) is 3.82. The van der Waals surface area contributed by atoms with Crippen molar-refractivity contribution in [1.29, 1.82) is 0 Å². The molecule has 0 spiro atoms. The summed E-state index contributed by atoms with van der Waals surface area (Å²) in [5.74, 6) is 0.302. The maximum Gasteiger partial charge on any atom is 0.165 e. The van der Waals surface area contributed by atoms with Crippen molar-refractivity contribution >= 4 is 11.6 Å². The van der Waals surface area contributed by atoms with Gasteiger partial charge in [0.2, 0.25) is 0 Å². The third kappa shape index (κ3) is 2.69. The number of aliphatic hydroxyl groups is 1. The van der Waals surface area contributed by atoms with Crippen LogP contribution in [0.1, 0.15) is 29.8 Å². The Labute approximate surface area is 126 Å². The SMILES string of the molecule is COc1ccc(C2CC(O)c3cc(Cl)ccc3O2)cc1F. The number of methoxy groups -OCH3 is 1. The smallest absolute Gasteiger partial charge is 0.165 e. The van der Waals surface area contributed by atoms with Gasteiger partial charge >= 0.3 is 0 Å². The number of aliphatic hydroxyl groups excluding tert-OH is 1. The topological polar surface area (TPSA) is 38.7 Å². The van der Waals surface area contributed by atoms with Crippen molar-refractivity contribution < 1.29 is 19.0 Å². The fourth-order valence-corrected chi connectivity index (χ4v) is 2.69. The van der Waals surface area contributed by atoms with Crippen molar-refractivity contribution in [1.82, 2.24) is 0 Å². The summed E-state index contributed by atoms with van der Waals surface area (Å²) in [6, 6.07) is 9.76. The highest BCUT2D eigenvalue weighted by Crippen LogP contribution is 2.42. The van der Waals surface area contributed by atoms with Crippen molar-refractivity contribution in [3.8, 4) is 11.5 Å². The van der Waals surface area contributed by atoms with E-state index in [1.165, 1.54) is 13.2 Å². The molecule has 2 aromatic carbocycles. The number of rotatable bonds is 2. The van der Waals surface area contributed by atoms with E-state index in [2.05, 4.69) is 0 Å². The second kappa shape index (κ2) is 5.54. The van der Waals surface area contributed by atoms with Crippen LogP contribution >= 0.6 is 11.6 Å². The van der Waals surface area contributed by atoms with Gasteiger partial charge in [-0.1, -0.05) is 17.7 Å². The molecule has 0 aliphatic carbocycles. The lowest BCUT2D eigenvalue weighted by Crippen LogP contribution is -2.19. The highest BCUT2D eigenvalue weighted by molar-refractivity contribution is 6.30. The molecule has 0 saturated carbocycles. The molecule has 3 rings (SSSR count). The summed E-state index contributed by atoms with van der Waals surface area (Å²) in [6.45, 7) is 0. The van der Waals surface area contributed by atoms with Gasteiger partial charge in [-0.3, -0.25) is 0 Å². The molecule has 0 radical (unpaired) electrons. The van der Waals surface area contributed by atoms with Crippen LogP contribution < -0.4 is 9.47 Å². The molecule has 0 bridgehead atoms. The fourth-order valence-electron chi connectivity index (χ4n) is 2.51. The Hall–Kier alpha value is -1.78. The van der Waals surface area contributed by atoms with Gasteiger partial charge in [0.1, 0.15) is 11.9 Å². The third-order valence-electron chi connectivity index (χ3n) is 3.59. The average Bonchev–Trinajstić information content (AvgIpc) is 2.47. The van der Waals surface area contributed by atoms with Gasteiger partial charge < -0.3 is 14.6 Å². The van der Waals surface area contributed by atoms with E-state index in [0.717, 1.165) is 0 Å². The van der Waals surface area contributed by atoms with E-state index in [0.29, 0.717) is 28.3 Å². The molecule has 1 aliphatic heterocycles. The lowest BCUT2D eigenvalue weighted by Gasteiger charge is -2.30. The highest BCUT2D eigenvalue weighted by Gasteiger charge is 2.28. The first kappa shape index (κ1) is 14.2. The number of hydrogen-bond donors (Lipinski definition) is 1. The number of hydrogen-bond acceptors (Lipinski definition) is 3. The normalized spacial score (nSPS) is 20.6. The van der Waals surface area contributed by atoms with Crippen molar-refractivity contribution in [3.05, 3.63) is 58.4 Å². The number of fused-ring (bicyclic) bond motifs is 1. The Bertz CT molecular complexity index is 675. The molecular formula is C16H14ClFO3. The zero-order valence-electron chi connectivity index (χ0n) is 11.3. The molecule has 0 saturated heterocycles. The summed E-state index contributed by atoms with van der Waals surface area (Å²) >= 11 is 5.92. The van der Waals surface area contributed by atoms with Gasteiger partial charge in [0.25, 0.3) is 0 Å². The average molecular weight is 309 g/mol. The van der Waals surface area contributed by atoms with Crippen LogP contribution in [-0.4, -0.2) is 12.2 Å². The maximum absolute atomic E-state index is 13.8. The van der Waals surface area contributed by atoms with Crippen molar-refractivity contribution in [2.24, 2.45) is 0 Å². The molecule has 21 heavy (non-hydrogen) atoms. The van der Waals surface area contributed by atoms with E-state index in [-0.39, 0.29) is 5.75 Å². The molecule has 1 N–H and O–H groups in total. The van der Waals surface area contributed by atoms with Crippen LogP contribution in [0.15, 0.2) is 36.4 Å². The van der Waals surface area contributed by atoms with Crippen LogP contribution in [-0.2, 0) is 0 Å². The fraction of sp³-hybridized carbons (Fsp3) is 0.250. The van der Waals surface area contributed by atoms with Crippen molar-refractivity contribution in [2.75, 3.05) is 7.11 Å². The molecular weight excluding hydrogens is 295 g/mol. The highest BCUT2D eigenvalue weighted by atomic mass is 35.5. The molecule has 0 amide bonds. The van der Waals surface area contributed by atoms with Crippen molar-refractivity contribution in [3.63, 3.8) is 0 Å². The molecule has 1 aliphatic rings. The van der Waals surface area contributed by atoms with Gasteiger partial charge in [-0.25, -0.2) is 4.39 Å². The van der Waals surface area contributed by atoms with Crippen LogP contribution in [0.25, 0.3) is 0 Å². The van der Waals surface area contributed by atoms with E-state index in [1.807, 2.05) is 0 Å². The summed E-state index contributed by atoms with van der Waals surface area (Å²) in [5, 5.41) is 10.8. The molecule has 3 nitrogen and oxygen atoms in total. The predicted molar refractivity (Wildman–Crippen MR) is 77.3 cm³/mol. The summed E-state index contributed by atoms with van der Waals surface area (Å²) in [7, 11) is 1.42. The molecule has 5 heteroatoms. The van der Waals surface area contributed by atoms with Crippen LogP contribution in [0, 0.1) is 5.82 Å². The number of halogens is 2. The minimum atomic E-state index is -0.692. The standard InChI is InChI=1S/C16H14ClFO3/c1-20-15-4-2-9(6-12(15)18)16-8-13(19)11-7-10(17)3-5-14(11)21-16/h2-7,13,16,19H,8H2,1H3. The molecule has 2 unspecified atom stereocenters. The molecule has 0 aromatic heterocycles. The van der Waals surface area contributed by atoms with Crippen molar-refractivity contribution in [2.45, 2.75) is 18.6 Å². The first-order valence-corrected chi connectivity index (χ1v) is 6.94. The first-order valence-electron chi connectivity index (χ1n) is 6.56. The summed E-state index contributed by atoms with van der Waals surface area (Å²) in [4.78, 5) is 0. The molecule has 110 valence electrons. The first-order chi connectivity index (χ1) is 10.1. The van der Waals surface area contributed by atoms with E-state index in [9.17, 15) is 9.50 Å². The minimum absolute atomic E-state index is 0.183. The molecule has 1 heterocycles. The van der Waals surface area contributed by atoms with Gasteiger partial charge in [-0.2, -0.15) is 0 Å². The van der Waals surface area contributed by atoms with Gasteiger partial charge in [-0.15, -0.1) is 0 Å². The Morgan fingerprint density at radius 3 is 2.81 bits per heavy atom. The summed E-state index contributed by atoms with van der Waals surface area (Å²) in [6.07, 6.45) is -0.754. The molecule has 2 atom stereocenters. The molecule has 0 fully saturated rings. The van der Waals surface area contributed by atoms with E-state index < -0.39 is 18.0 Å². The summed E-state index contributed by atoms with van der Waals surface area (Å²) < 4.78 is 24.5. The maximum atomic E-state index is 13.8. The second-order valence-electron chi connectivity index (χ2n) is 4.93. The van der Waals surface area contributed by atoms with E-state index in [1.54, 1.807) is 30.3 Å². The van der Waals surface area contributed by atoms with Gasteiger partial charge in [0.15, 0.2) is 11.6 Å². The largest absolute Gasteiger partial charge is 0.494 e. The van der Waals surface area contributed by atoms with Crippen LogP contribution in [0.4, 0.5) is 4.39 Å². The van der Waals surface area contributed by atoms with E-state index >= 15 is 0 Å². The van der Waals surface area contributed by atoms with Gasteiger partial charge in [-0.05, 0) is 35.9 Å². The monoisotopic (exact) mass is 308 g/mol. The quantitative estimate of drug-likeness (QED) is 0.910.